The number of aliphatic hydroxyl groups excluding tert-OH is 4. The van der Waals surface area contributed by atoms with Crippen LogP contribution in [0.5, 0.6) is 5.75 Å². The Morgan fingerprint density at radius 3 is 2.29 bits per heavy atom. The molecule has 0 saturated carbocycles. The molecular weight excluding hydrogens is 368 g/mol. The number of ether oxygens (including phenoxy) is 2. The molecule has 150 valence electrons. The molecule has 1 fully saturated rings. The number of aliphatic hydroxyl groups is 4. The van der Waals surface area contributed by atoms with Gasteiger partial charge in [-0.1, -0.05) is 30.3 Å². The molecular formula is C20H22O8. The van der Waals surface area contributed by atoms with Crippen molar-refractivity contribution in [3.8, 4) is 5.75 Å². The minimum atomic E-state index is -1.52. The molecule has 0 spiro atoms. The third-order valence-electron chi connectivity index (χ3n) is 4.66. The fourth-order valence-electron chi connectivity index (χ4n) is 3.04. The summed E-state index contributed by atoms with van der Waals surface area (Å²) in [7, 11) is 0. The lowest BCUT2D eigenvalue weighted by molar-refractivity contribution is -0.277. The number of carboxylic acids is 1. The van der Waals surface area contributed by atoms with Crippen LogP contribution in [0.1, 0.15) is 21.5 Å². The number of para-hydroxylation sites is 1. The minimum absolute atomic E-state index is 0.189. The molecule has 1 aliphatic rings. The van der Waals surface area contributed by atoms with Gasteiger partial charge in [-0.15, -0.1) is 0 Å². The zero-order chi connectivity index (χ0) is 20.3. The molecule has 1 unspecified atom stereocenters. The summed E-state index contributed by atoms with van der Waals surface area (Å²) < 4.78 is 11.1. The van der Waals surface area contributed by atoms with Crippen LogP contribution in [0.3, 0.4) is 0 Å². The predicted molar refractivity (Wildman–Crippen MR) is 97.0 cm³/mol. The third-order valence-corrected chi connectivity index (χ3v) is 4.66. The highest BCUT2D eigenvalue weighted by Gasteiger charge is 2.44. The molecule has 0 radical (unpaired) electrons. The molecule has 8 nitrogen and oxygen atoms in total. The van der Waals surface area contributed by atoms with Crippen molar-refractivity contribution >= 4 is 5.97 Å². The van der Waals surface area contributed by atoms with E-state index in [0.29, 0.717) is 12.2 Å². The van der Waals surface area contributed by atoms with Crippen LogP contribution in [0, 0.1) is 0 Å². The van der Waals surface area contributed by atoms with Crippen molar-refractivity contribution in [2.24, 2.45) is 0 Å². The summed E-state index contributed by atoms with van der Waals surface area (Å²) in [4.78, 5) is 11.0. The van der Waals surface area contributed by atoms with Crippen LogP contribution in [-0.4, -0.2) is 68.8 Å². The van der Waals surface area contributed by atoms with Crippen molar-refractivity contribution in [3.63, 3.8) is 0 Å². The lowest BCUT2D eigenvalue weighted by atomic mass is 9.99. The van der Waals surface area contributed by atoms with Crippen LogP contribution < -0.4 is 4.74 Å². The second-order valence-corrected chi connectivity index (χ2v) is 6.60. The average molecular weight is 390 g/mol. The maximum atomic E-state index is 11.0. The third kappa shape index (κ3) is 4.32. The minimum Gasteiger partial charge on any atom is -0.478 e. The second kappa shape index (κ2) is 8.68. The summed E-state index contributed by atoms with van der Waals surface area (Å²) in [5, 5.41) is 48.2. The smallest absolute Gasteiger partial charge is 0.335 e. The molecule has 1 saturated heterocycles. The molecule has 0 aromatic heterocycles. The maximum Gasteiger partial charge on any atom is 0.335 e. The van der Waals surface area contributed by atoms with Gasteiger partial charge >= 0.3 is 5.97 Å². The highest BCUT2D eigenvalue weighted by Crippen LogP contribution is 2.28. The Bertz CT molecular complexity index is 804. The van der Waals surface area contributed by atoms with Crippen LogP contribution in [0.4, 0.5) is 0 Å². The molecule has 2 aromatic rings. The van der Waals surface area contributed by atoms with Crippen molar-refractivity contribution in [2.45, 2.75) is 37.1 Å². The maximum absolute atomic E-state index is 11.0. The first-order chi connectivity index (χ1) is 13.4. The van der Waals surface area contributed by atoms with Crippen LogP contribution in [0.25, 0.3) is 0 Å². The molecule has 1 heterocycles. The number of aromatic carboxylic acids is 1. The van der Waals surface area contributed by atoms with Gasteiger partial charge in [0.15, 0.2) is 0 Å². The van der Waals surface area contributed by atoms with E-state index >= 15 is 0 Å². The number of benzene rings is 2. The van der Waals surface area contributed by atoms with Crippen LogP contribution >= 0.6 is 0 Å². The van der Waals surface area contributed by atoms with E-state index in [-0.39, 0.29) is 5.56 Å². The van der Waals surface area contributed by atoms with Crippen molar-refractivity contribution in [1.82, 2.24) is 0 Å². The first-order valence-corrected chi connectivity index (χ1v) is 8.78. The Morgan fingerprint density at radius 2 is 1.64 bits per heavy atom. The first-order valence-electron chi connectivity index (χ1n) is 8.78. The largest absolute Gasteiger partial charge is 0.478 e. The molecule has 5 atom stereocenters. The van der Waals surface area contributed by atoms with Crippen LogP contribution in [-0.2, 0) is 11.2 Å². The summed E-state index contributed by atoms with van der Waals surface area (Å²) in [5.74, 6) is -0.605. The second-order valence-electron chi connectivity index (χ2n) is 6.60. The Hall–Kier alpha value is -2.49. The zero-order valence-electron chi connectivity index (χ0n) is 14.9. The van der Waals surface area contributed by atoms with E-state index in [1.807, 2.05) is 6.07 Å². The summed E-state index contributed by atoms with van der Waals surface area (Å²) in [6, 6.07) is 13.4. The highest BCUT2D eigenvalue weighted by atomic mass is 16.7. The summed E-state index contributed by atoms with van der Waals surface area (Å²) in [6.45, 7) is -0.539. The Kier molecular flexibility index (Phi) is 6.28. The number of carbonyl (C=O) groups is 1. The van der Waals surface area contributed by atoms with Gasteiger partial charge in [-0.25, -0.2) is 4.79 Å². The molecule has 8 heteroatoms. The molecule has 28 heavy (non-hydrogen) atoms. The lowest BCUT2D eigenvalue weighted by Gasteiger charge is -2.39. The van der Waals surface area contributed by atoms with Crippen molar-refractivity contribution in [2.75, 3.05) is 6.61 Å². The Morgan fingerprint density at radius 1 is 0.964 bits per heavy atom. The standard InChI is InChI=1S/C20H22O8/c21-10-15-16(22)17(23)18(24)20(28-15)27-14-4-2-1-3-13(14)9-11-5-7-12(8-6-11)19(25)26/h1-8,15-18,20-24H,9-10H2,(H,25,26)/t15-,16-,17+,18-,20?/m1/s1. The van der Waals surface area contributed by atoms with Crippen molar-refractivity contribution < 1.29 is 39.8 Å². The van der Waals surface area contributed by atoms with Gasteiger partial charge in [-0.3, -0.25) is 0 Å². The fraction of sp³-hybridized carbons (Fsp3) is 0.350. The Balaban J connectivity index is 1.77. The summed E-state index contributed by atoms with van der Waals surface area (Å²) >= 11 is 0. The monoisotopic (exact) mass is 390 g/mol. The SMILES string of the molecule is O=C(O)c1ccc(Cc2ccccc2OC2O[C@H](CO)[C@@H](O)[C@H](O)[C@H]2O)cc1. The Labute approximate surface area is 161 Å². The van der Waals surface area contributed by atoms with E-state index in [1.54, 1.807) is 30.3 Å². The first kappa shape index (κ1) is 20.2. The molecule has 2 aromatic carbocycles. The van der Waals surface area contributed by atoms with Crippen molar-refractivity contribution in [3.05, 3.63) is 65.2 Å². The molecule has 0 aliphatic carbocycles. The van der Waals surface area contributed by atoms with Gasteiger partial charge in [-0.2, -0.15) is 0 Å². The number of hydrogen-bond donors (Lipinski definition) is 5. The average Bonchev–Trinajstić information content (AvgIpc) is 2.70. The van der Waals surface area contributed by atoms with E-state index in [9.17, 15) is 25.2 Å². The fourth-order valence-corrected chi connectivity index (χ4v) is 3.04. The van der Waals surface area contributed by atoms with E-state index in [4.69, 9.17) is 14.6 Å². The number of hydrogen-bond acceptors (Lipinski definition) is 7. The summed E-state index contributed by atoms with van der Waals surface area (Å²) in [5.41, 5.74) is 1.80. The van der Waals surface area contributed by atoms with E-state index in [2.05, 4.69) is 0 Å². The van der Waals surface area contributed by atoms with Gasteiger partial charge < -0.3 is 35.0 Å². The van der Waals surface area contributed by atoms with E-state index in [1.165, 1.54) is 12.1 Å². The quantitative estimate of drug-likeness (QED) is 0.470. The van der Waals surface area contributed by atoms with E-state index < -0.39 is 43.3 Å². The molecule has 0 bridgehead atoms. The van der Waals surface area contributed by atoms with Gasteiger partial charge in [0.05, 0.1) is 12.2 Å². The molecule has 3 rings (SSSR count). The topological polar surface area (TPSA) is 137 Å². The number of rotatable bonds is 6. The molecule has 5 N–H and O–H groups in total. The van der Waals surface area contributed by atoms with E-state index in [0.717, 1.165) is 11.1 Å². The normalized spacial score (nSPS) is 27.4. The van der Waals surface area contributed by atoms with Crippen LogP contribution in [0.2, 0.25) is 0 Å². The zero-order valence-corrected chi connectivity index (χ0v) is 14.9. The lowest BCUT2D eigenvalue weighted by Crippen LogP contribution is -2.60. The molecule has 1 aliphatic heterocycles. The number of carboxylic acid groups (broad SMARTS) is 1. The van der Waals surface area contributed by atoms with Crippen LogP contribution in [0.15, 0.2) is 48.5 Å². The molecule has 0 amide bonds. The van der Waals surface area contributed by atoms with Gasteiger partial charge in [-0.05, 0) is 29.3 Å². The predicted octanol–water partition coefficient (Wildman–Crippen LogP) is 0.154. The van der Waals surface area contributed by atoms with Gasteiger partial charge in [0, 0.05) is 6.42 Å². The van der Waals surface area contributed by atoms with Gasteiger partial charge in [0.25, 0.3) is 0 Å². The van der Waals surface area contributed by atoms with Crippen molar-refractivity contribution in [1.29, 1.82) is 0 Å². The highest BCUT2D eigenvalue weighted by molar-refractivity contribution is 5.87. The van der Waals surface area contributed by atoms with Gasteiger partial charge in [0.1, 0.15) is 30.2 Å². The van der Waals surface area contributed by atoms with Gasteiger partial charge in [0.2, 0.25) is 6.29 Å². The summed E-state index contributed by atoms with van der Waals surface area (Å²) in [6.07, 6.45) is -6.37.